The lowest BCUT2D eigenvalue weighted by Crippen LogP contribution is -1.79. The zero-order valence-corrected chi connectivity index (χ0v) is 13.4. The summed E-state index contributed by atoms with van der Waals surface area (Å²) in [6.45, 7) is 0. The van der Waals surface area contributed by atoms with Crippen molar-refractivity contribution in [1.82, 2.24) is 4.98 Å². The lowest BCUT2D eigenvalue weighted by molar-refractivity contribution is 0.669. The molecule has 0 bridgehead atoms. The Hall–Kier alpha value is -3.39. The van der Waals surface area contributed by atoms with E-state index in [1.54, 1.807) is 6.20 Å². The van der Waals surface area contributed by atoms with E-state index in [4.69, 9.17) is 4.42 Å². The first-order chi connectivity index (χ1) is 12.4. The van der Waals surface area contributed by atoms with Crippen molar-refractivity contribution in [2.24, 2.45) is 0 Å². The molecular weight excluding hydrogens is 306 g/mol. The van der Waals surface area contributed by atoms with Gasteiger partial charge in [-0.1, -0.05) is 36.4 Å². The number of pyridine rings is 1. The van der Waals surface area contributed by atoms with Gasteiger partial charge in [-0.05, 0) is 59.2 Å². The molecule has 2 heteroatoms. The molecule has 0 fully saturated rings. The fourth-order valence-electron chi connectivity index (χ4n) is 3.24. The summed E-state index contributed by atoms with van der Waals surface area (Å²) in [5.41, 5.74) is 6.37. The summed E-state index contributed by atoms with van der Waals surface area (Å²) < 4.78 is 6.01. The van der Waals surface area contributed by atoms with Crippen LogP contribution in [0, 0.1) is 6.07 Å². The van der Waals surface area contributed by atoms with Crippen LogP contribution in [0.5, 0.6) is 0 Å². The van der Waals surface area contributed by atoms with Crippen molar-refractivity contribution in [3.63, 3.8) is 0 Å². The maximum absolute atomic E-state index is 6.01. The Kier molecular flexibility index (Phi) is 3.14. The molecular formula is C23H14NO. The molecule has 0 saturated heterocycles. The minimum absolute atomic E-state index is 0.902. The first-order valence-corrected chi connectivity index (χ1v) is 8.22. The summed E-state index contributed by atoms with van der Waals surface area (Å²) in [6.07, 6.45) is 3.67. The summed E-state index contributed by atoms with van der Waals surface area (Å²) >= 11 is 0. The molecule has 0 amide bonds. The van der Waals surface area contributed by atoms with Crippen LogP contribution in [0.3, 0.4) is 0 Å². The molecule has 3 aromatic carbocycles. The second kappa shape index (κ2) is 5.60. The van der Waals surface area contributed by atoms with Crippen LogP contribution in [0.1, 0.15) is 0 Å². The first-order valence-electron chi connectivity index (χ1n) is 8.22. The van der Waals surface area contributed by atoms with E-state index in [9.17, 15) is 0 Å². The number of nitrogens with zero attached hydrogens (tertiary/aromatic N) is 1. The van der Waals surface area contributed by atoms with E-state index in [2.05, 4.69) is 47.4 Å². The van der Waals surface area contributed by atoms with Crippen molar-refractivity contribution in [2.45, 2.75) is 0 Å². The second-order valence-corrected chi connectivity index (χ2v) is 6.06. The highest BCUT2D eigenvalue weighted by Gasteiger charge is 2.10. The van der Waals surface area contributed by atoms with Gasteiger partial charge in [0.1, 0.15) is 11.2 Å². The van der Waals surface area contributed by atoms with Crippen LogP contribution in [-0.2, 0) is 0 Å². The third kappa shape index (κ3) is 2.39. The zero-order chi connectivity index (χ0) is 16.6. The van der Waals surface area contributed by atoms with Crippen LogP contribution in [0.4, 0.5) is 0 Å². The minimum Gasteiger partial charge on any atom is -0.456 e. The van der Waals surface area contributed by atoms with E-state index >= 15 is 0 Å². The Morgan fingerprint density at radius 1 is 0.720 bits per heavy atom. The molecule has 0 spiro atoms. The fourth-order valence-corrected chi connectivity index (χ4v) is 3.24. The summed E-state index contributed by atoms with van der Waals surface area (Å²) in [4.78, 5) is 4.22. The standard InChI is InChI=1S/C23H14NO/c1-2-5-16(6-3-1)17-8-10-22-20(13-17)21-14-18(9-11-23(21)25-22)19-7-4-12-24-15-19/h1-2,4-15H. The van der Waals surface area contributed by atoms with Crippen molar-refractivity contribution in [1.29, 1.82) is 0 Å². The predicted octanol–water partition coefficient (Wildman–Crippen LogP) is 6.12. The lowest BCUT2D eigenvalue weighted by Gasteiger charge is -2.02. The Morgan fingerprint density at radius 3 is 2.08 bits per heavy atom. The number of fused-ring (bicyclic) bond motifs is 3. The molecule has 0 aliphatic rings. The molecule has 2 nitrogen and oxygen atoms in total. The normalized spacial score (nSPS) is 11.2. The van der Waals surface area contributed by atoms with Crippen LogP contribution >= 0.6 is 0 Å². The number of rotatable bonds is 2. The van der Waals surface area contributed by atoms with Gasteiger partial charge in [-0.3, -0.25) is 4.98 Å². The number of hydrogen-bond acceptors (Lipinski definition) is 2. The van der Waals surface area contributed by atoms with Crippen LogP contribution in [0.15, 0.2) is 89.6 Å². The summed E-state index contributed by atoms with van der Waals surface area (Å²) in [5.74, 6) is 0. The van der Waals surface area contributed by atoms with Crippen LogP contribution in [-0.4, -0.2) is 4.98 Å². The Balaban J connectivity index is 1.73. The average molecular weight is 320 g/mol. The molecule has 117 valence electrons. The zero-order valence-electron chi connectivity index (χ0n) is 13.4. The third-order valence-electron chi connectivity index (χ3n) is 4.50. The largest absolute Gasteiger partial charge is 0.456 e. The maximum atomic E-state index is 6.01. The summed E-state index contributed by atoms with van der Waals surface area (Å²) in [7, 11) is 0. The van der Waals surface area contributed by atoms with E-state index in [-0.39, 0.29) is 0 Å². The van der Waals surface area contributed by atoms with Gasteiger partial charge in [-0.2, -0.15) is 0 Å². The van der Waals surface area contributed by atoms with Gasteiger partial charge in [0, 0.05) is 28.7 Å². The fraction of sp³-hybridized carbons (Fsp3) is 0. The third-order valence-corrected chi connectivity index (χ3v) is 4.50. The van der Waals surface area contributed by atoms with Gasteiger partial charge in [-0.25, -0.2) is 0 Å². The molecule has 0 N–H and O–H groups in total. The van der Waals surface area contributed by atoms with E-state index in [1.807, 2.05) is 42.6 Å². The van der Waals surface area contributed by atoms with Crippen molar-refractivity contribution in [2.75, 3.05) is 0 Å². The quantitative estimate of drug-likeness (QED) is 0.392. The van der Waals surface area contributed by atoms with Gasteiger partial charge in [-0.15, -0.1) is 0 Å². The topological polar surface area (TPSA) is 26.0 Å². The van der Waals surface area contributed by atoms with E-state index in [0.29, 0.717) is 0 Å². The molecule has 0 aliphatic carbocycles. The van der Waals surface area contributed by atoms with Crippen LogP contribution in [0.2, 0.25) is 0 Å². The van der Waals surface area contributed by atoms with Crippen LogP contribution < -0.4 is 0 Å². The van der Waals surface area contributed by atoms with Gasteiger partial charge in [0.25, 0.3) is 0 Å². The number of furan rings is 1. The van der Waals surface area contributed by atoms with Crippen molar-refractivity contribution in [3.05, 3.63) is 91.3 Å². The van der Waals surface area contributed by atoms with Gasteiger partial charge in [0.2, 0.25) is 0 Å². The Labute approximate surface area is 145 Å². The second-order valence-electron chi connectivity index (χ2n) is 6.06. The van der Waals surface area contributed by atoms with Crippen LogP contribution in [0.25, 0.3) is 44.2 Å². The SMILES string of the molecule is [c]1cccc(-c2ccc3oc4ccc(-c5cccnc5)cc4c3c2)c1. The predicted molar refractivity (Wildman–Crippen MR) is 101 cm³/mol. The van der Waals surface area contributed by atoms with Gasteiger partial charge >= 0.3 is 0 Å². The van der Waals surface area contributed by atoms with Gasteiger partial charge in [0.05, 0.1) is 0 Å². The molecule has 0 aliphatic heterocycles. The van der Waals surface area contributed by atoms with Gasteiger partial charge < -0.3 is 4.42 Å². The Morgan fingerprint density at radius 2 is 1.44 bits per heavy atom. The van der Waals surface area contributed by atoms with E-state index < -0.39 is 0 Å². The monoisotopic (exact) mass is 320 g/mol. The van der Waals surface area contributed by atoms with Crippen molar-refractivity contribution in [3.8, 4) is 22.3 Å². The minimum atomic E-state index is 0.902. The maximum Gasteiger partial charge on any atom is 0.135 e. The summed E-state index contributed by atoms with van der Waals surface area (Å²) in [5, 5.41) is 2.25. The molecule has 5 aromatic rings. The highest BCUT2D eigenvalue weighted by atomic mass is 16.3. The first kappa shape index (κ1) is 14.0. The molecule has 1 radical (unpaired) electrons. The number of hydrogen-bond donors (Lipinski definition) is 0. The van der Waals surface area contributed by atoms with Crippen molar-refractivity contribution < 1.29 is 4.42 Å². The highest BCUT2D eigenvalue weighted by molar-refractivity contribution is 6.07. The lowest BCUT2D eigenvalue weighted by atomic mass is 10.0. The molecule has 2 aromatic heterocycles. The molecule has 25 heavy (non-hydrogen) atoms. The molecule has 0 saturated carbocycles. The average Bonchev–Trinajstić information content (AvgIpc) is 3.06. The van der Waals surface area contributed by atoms with Crippen molar-refractivity contribution >= 4 is 21.9 Å². The molecule has 5 rings (SSSR count). The molecule has 2 heterocycles. The van der Waals surface area contributed by atoms with E-state index in [0.717, 1.165) is 38.6 Å². The Bertz CT molecular complexity index is 1080. The van der Waals surface area contributed by atoms with E-state index in [1.165, 1.54) is 5.56 Å². The molecule has 0 atom stereocenters. The van der Waals surface area contributed by atoms with Gasteiger partial charge in [0.15, 0.2) is 0 Å². The highest BCUT2D eigenvalue weighted by Crippen LogP contribution is 2.34. The number of aromatic nitrogens is 1. The smallest absolute Gasteiger partial charge is 0.135 e. The summed E-state index contributed by atoms with van der Waals surface area (Å²) in [6, 6.07) is 27.8. The molecule has 0 unspecified atom stereocenters. The number of benzene rings is 3.